The van der Waals surface area contributed by atoms with Crippen molar-refractivity contribution >= 4 is 10.1 Å². The van der Waals surface area contributed by atoms with Crippen LogP contribution in [0.3, 0.4) is 0 Å². The van der Waals surface area contributed by atoms with Gasteiger partial charge in [0.05, 0.1) is 18.1 Å². The van der Waals surface area contributed by atoms with Crippen molar-refractivity contribution in [2.45, 2.75) is 6.61 Å². The van der Waals surface area contributed by atoms with Gasteiger partial charge >= 0.3 is 0 Å². The summed E-state index contributed by atoms with van der Waals surface area (Å²) >= 11 is 0. The molecule has 3 aromatic rings. The molecule has 0 saturated heterocycles. The largest absolute Gasteiger partial charge is 0.264 e. The molecule has 0 unspecified atom stereocenters. The summed E-state index contributed by atoms with van der Waals surface area (Å²) in [5, 5.41) is 11.6. The Morgan fingerprint density at radius 3 is 2.78 bits per heavy atom. The molecule has 2 aromatic heterocycles. The van der Waals surface area contributed by atoms with Crippen LogP contribution in [0, 0.1) is 5.82 Å². The molecule has 0 N–H and O–H groups in total. The Kier molecular flexibility index (Phi) is 3.92. The molecule has 0 atom stereocenters. The van der Waals surface area contributed by atoms with Gasteiger partial charge in [-0.3, -0.25) is 4.18 Å². The van der Waals surface area contributed by atoms with E-state index in [0.717, 1.165) is 6.26 Å². The summed E-state index contributed by atoms with van der Waals surface area (Å²) in [6.07, 6.45) is 5.60. The van der Waals surface area contributed by atoms with E-state index in [4.69, 9.17) is 0 Å². The van der Waals surface area contributed by atoms with Crippen molar-refractivity contribution < 1.29 is 17.0 Å². The van der Waals surface area contributed by atoms with E-state index in [2.05, 4.69) is 19.6 Å². The van der Waals surface area contributed by atoms with Crippen molar-refractivity contribution in [3.8, 4) is 11.4 Å². The second kappa shape index (κ2) is 5.89. The number of hydrogen-bond acceptors (Lipinski definition) is 6. The van der Waals surface area contributed by atoms with Crippen LogP contribution in [0.2, 0.25) is 0 Å². The number of benzene rings is 1. The van der Waals surface area contributed by atoms with E-state index in [-0.39, 0.29) is 6.61 Å². The molecule has 0 aliphatic carbocycles. The van der Waals surface area contributed by atoms with Gasteiger partial charge in [0.1, 0.15) is 18.0 Å². The molecule has 0 fully saturated rings. The monoisotopic (exact) mass is 337 g/mol. The van der Waals surface area contributed by atoms with Crippen molar-refractivity contribution in [2.24, 2.45) is 0 Å². The average Bonchev–Trinajstić information content (AvgIpc) is 3.16. The molecule has 2 heterocycles. The fourth-order valence-corrected chi connectivity index (χ4v) is 2.23. The molecule has 0 aliphatic rings. The summed E-state index contributed by atoms with van der Waals surface area (Å²) in [5.41, 5.74) is 1.06. The molecule has 0 bridgehead atoms. The molecule has 0 aliphatic heterocycles. The standard InChI is InChI=1S/C13H12FN5O3S/c1-23(20,21)22-9-10-8-19(17-16-10)11-3-4-13(12(14)7-11)18-6-2-5-15-18/h2-8H,9H2,1H3. The van der Waals surface area contributed by atoms with Gasteiger partial charge in [0.15, 0.2) is 5.82 Å². The summed E-state index contributed by atoms with van der Waals surface area (Å²) < 4.78 is 43.4. The minimum absolute atomic E-state index is 0.229. The Labute approximate surface area is 131 Å². The molecular formula is C13H12FN5O3S. The summed E-state index contributed by atoms with van der Waals surface area (Å²) in [6.45, 7) is -0.229. The van der Waals surface area contributed by atoms with Gasteiger partial charge in [0.2, 0.25) is 0 Å². The summed E-state index contributed by atoms with van der Waals surface area (Å²) in [5.74, 6) is -0.476. The Bertz CT molecular complexity index is 921. The van der Waals surface area contributed by atoms with Crippen LogP contribution in [-0.4, -0.2) is 39.4 Å². The molecule has 10 heteroatoms. The third kappa shape index (κ3) is 3.60. The predicted molar refractivity (Wildman–Crippen MR) is 78.1 cm³/mol. The lowest BCUT2D eigenvalue weighted by Crippen LogP contribution is -2.02. The number of rotatable bonds is 5. The molecule has 0 saturated carbocycles. The first kappa shape index (κ1) is 15.3. The number of halogens is 1. The topological polar surface area (TPSA) is 91.9 Å². The van der Waals surface area contributed by atoms with E-state index >= 15 is 0 Å². The number of nitrogens with zero attached hydrogens (tertiary/aromatic N) is 5. The first-order chi connectivity index (χ1) is 10.9. The van der Waals surface area contributed by atoms with E-state index in [9.17, 15) is 12.8 Å². The third-order valence-corrected chi connectivity index (χ3v) is 3.45. The molecule has 1 aromatic carbocycles. The van der Waals surface area contributed by atoms with Gasteiger partial charge in [0, 0.05) is 18.5 Å². The zero-order valence-corrected chi connectivity index (χ0v) is 12.8. The van der Waals surface area contributed by atoms with Crippen molar-refractivity contribution in [1.82, 2.24) is 24.8 Å². The van der Waals surface area contributed by atoms with Crippen LogP contribution in [0.25, 0.3) is 11.4 Å². The first-order valence-electron chi connectivity index (χ1n) is 6.48. The van der Waals surface area contributed by atoms with Crippen molar-refractivity contribution in [3.63, 3.8) is 0 Å². The molecule has 23 heavy (non-hydrogen) atoms. The quantitative estimate of drug-likeness (QED) is 0.647. The maximum absolute atomic E-state index is 14.2. The van der Waals surface area contributed by atoms with Crippen LogP contribution < -0.4 is 0 Å². The fraction of sp³-hybridized carbons (Fsp3) is 0.154. The molecule has 8 nitrogen and oxygen atoms in total. The Morgan fingerprint density at radius 2 is 2.13 bits per heavy atom. The highest BCUT2D eigenvalue weighted by molar-refractivity contribution is 7.85. The van der Waals surface area contributed by atoms with Crippen molar-refractivity contribution in [1.29, 1.82) is 0 Å². The number of hydrogen-bond donors (Lipinski definition) is 0. The van der Waals surface area contributed by atoms with Gasteiger partial charge in [-0.1, -0.05) is 5.21 Å². The highest BCUT2D eigenvalue weighted by Crippen LogP contribution is 2.17. The molecule has 0 spiro atoms. The van der Waals surface area contributed by atoms with Gasteiger partial charge in [-0.15, -0.1) is 5.10 Å². The van der Waals surface area contributed by atoms with E-state index in [1.54, 1.807) is 30.6 Å². The lowest BCUT2D eigenvalue weighted by Gasteiger charge is -2.05. The van der Waals surface area contributed by atoms with Gasteiger partial charge in [-0.25, -0.2) is 13.8 Å². The minimum Gasteiger partial charge on any atom is -0.264 e. The van der Waals surface area contributed by atoms with E-state index in [1.807, 2.05) is 0 Å². The fourth-order valence-electron chi connectivity index (χ4n) is 1.89. The van der Waals surface area contributed by atoms with E-state index < -0.39 is 15.9 Å². The Morgan fingerprint density at radius 1 is 1.30 bits per heavy atom. The smallest absolute Gasteiger partial charge is 0.264 e. The lowest BCUT2D eigenvalue weighted by molar-refractivity contribution is 0.307. The Balaban J connectivity index is 1.83. The summed E-state index contributed by atoms with van der Waals surface area (Å²) in [4.78, 5) is 0. The van der Waals surface area contributed by atoms with Gasteiger partial charge in [-0.05, 0) is 18.2 Å². The maximum atomic E-state index is 14.2. The second-order valence-electron chi connectivity index (χ2n) is 4.71. The van der Waals surface area contributed by atoms with Crippen LogP contribution in [0.15, 0.2) is 42.9 Å². The summed E-state index contributed by atoms with van der Waals surface area (Å²) in [6, 6.07) is 6.19. The van der Waals surface area contributed by atoms with Gasteiger partial charge in [0.25, 0.3) is 10.1 Å². The average molecular weight is 337 g/mol. The molecule has 3 rings (SSSR count). The van der Waals surface area contributed by atoms with Crippen LogP contribution in [0.1, 0.15) is 5.69 Å². The minimum atomic E-state index is -3.56. The number of aromatic nitrogens is 5. The van der Waals surface area contributed by atoms with E-state index in [0.29, 0.717) is 17.1 Å². The second-order valence-corrected chi connectivity index (χ2v) is 6.35. The molecular weight excluding hydrogens is 325 g/mol. The molecule has 120 valence electrons. The van der Waals surface area contributed by atoms with Gasteiger partial charge in [-0.2, -0.15) is 13.5 Å². The normalized spacial score (nSPS) is 11.7. The Hall–Kier alpha value is -2.59. The first-order valence-corrected chi connectivity index (χ1v) is 8.29. The zero-order valence-electron chi connectivity index (χ0n) is 12.0. The van der Waals surface area contributed by atoms with Crippen LogP contribution in [0.4, 0.5) is 4.39 Å². The summed E-state index contributed by atoms with van der Waals surface area (Å²) in [7, 11) is -3.56. The van der Waals surface area contributed by atoms with Gasteiger partial charge < -0.3 is 0 Å². The zero-order chi connectivity index (χ0) is 16.4. The van der Waals surface area contributed by atoms with Crippen molar-refractivity contribution in [3.05, 3.63) is 54.4 Å². The highest BCUT2D eigenvalue weighted by Gasteiger charge is 2.10. The van der Waals surface area contributed by atoms with Crippen molar-refractivity contribution in [2.75, 3.05) is 6.26 Å². The maximum Gasteiger partial charge on any atom is 0.264 e. The van der Waals surface area contributed by atoms with Crippen LogP contribution in [0.5, 0.6) is 0 Å². The predicted octanol–water partition coefficient (Wildman–Crippen LogP) is 1.07. The third-order valence-electron chi connectivity index (χ3n) is 2.91. The highest BCUT2D eigenvalue weighted by atomic mass is 32.2. The SMILES string of the molecule is CS(=O)(=O)OCc1cn(-c2ccc(-n3cccn3)c(F)c2)nn1. The van der Waals surface area contributed by atoms with Crippen LogP contribution in [-0.2, 0) is 20.9 Å². The lowest BCUT2D eigenvalue weighted by atomic mass is 10.2. The van der Waals surface area contributed by atoms with E-state index in [1.165, 1.54) is 21.6 Å². The molecule has 0 amide bonds. The van der Waals surface area contributed by atoms with Crippen LogP contribution >= 0.6 is 0 Å². The molecule has 0 radical (unpaired) electrons.